The van der Waals surface area contributed by atoms with E-state index in [-0.39, 0.29) is 23.2 Å². The first-order valence-corrected chi connectivity index (χ1v) is 10.0. The maximum Gasteiger partial charge on any atom is 0.155 e. The highest BCUT2D eigenvalue weighted by molar-refractivity contribution is 5.91. The van der Waals surface area contributed by atoms with Gasteiger partial charge in [-0.15, -0.1) is 0 Å². The monoisotopic (exact) mass is 348 g/mol. The van der Waals surface area contributed by atoms with Gasteiger partial charge < -0.3 is 15.3 Å². The number of allylic oxidation sites excluding steroid dienone is 1. The minimum Gasteiger partial charge on any atom is -0.394 e. The number of fused-ring (bicyclic) bond motifs is 5. The summed E-state index contributed by atoms with van der Waals surface area (Å²) in [6.45, 7) is 4.12. The van der Waals surface area contributed by atoms with Gasteiger partial charge in [0.25, 0.3) is 0 Å². The molecule has 4 heteroatoms. The Hall–Kier alpha value is -0.710. The Bertz CT molecular complexity index is 613. The van der Waals surface area contributed by atoms with Crippen LogP contribution in [0.1, 0.15) is 65.2 Å². The van der Waals surface area contributed by atoms with Crippen LogP contribution >= 0.6 is 0 Å². The van der Waals surface area contributed by atoms with Gasteiger partial charge in [0, 0.05) is 11.8 Å². The molecule has 0 aromatic heterocycles. The molecule has 4 aliphatic carbocycles. The molecule has 0 aromatic carbocycles. The Kier molecular flexibility index (Phi) is 3.99. The van der Waals surface area contributed by atoms with E-state index in [4.69, 9.17) is 0 Å². The topological polar surface area (TPSA) is 77.8 Å². The molecule has 0 amide bonds. The molecule has 3 N–H and O–H groups in total. The van der Waals surface area contributed by atoms with Gasteiger partial charge in [-0.25, -0.2) is 0 Å². The van der Waals surface area contributed by atoms with Crippen LogP contribution in [0.25, 0.3) is 0 Å². The van der Waals surface area contributed by atoms with Crippen molar-refractivity contribution in [3.8, 4) is 0 Å². The lowest BCUT2D eigenvalue weighted by atomic mass is 9.46. The third kappa shape index (κ3) is 2.20. The van der Waals surface area contributed by atoms with Crippen LogP contribution in [0, 0.1) is 28.6 Å². The van der Waals surface area contributed by atoms with Crippen LogP contribution in [0.15, 0.2) is 11.6 Å². The molecule has 4 aliphatic rings. The highest BCUT2D eigenvalue weighted by Gasteiger charge is 2.65. The molecule has 0 spiro atoms. The predicted molar refractivity (Wildman–Crippen MR) is 94.8 cm³/mol. The minimum atomic E-state index is -1.17. The number of hydrogen-bond donors (Lipinski definition) is 3. The molecule has 7 atom stereocenters. The summed E-state index contributed by atoms with van der Waals surface area (Å²) >= 11 is 0. The van der Waals surface area contributed by atoms with E-state index in [1.165, 1.54) is 5.57 Å². The lowest BCUT2D eigenvalue weighted by Crippen LogP contribution is -2.59. The number of aliphatic hydroxyl groups is 3. The standard InChI is InChI=1S/C21H32O4/c1-19-8-5-14(23)11-13(19)3-4-15-16(19)6-9-20(2)17(15)7-10-21(20,25)18(24)12-22/h11,15-18,22,24-25H,3-10,12H2,1-2H3/t15-,16+,17+,18-,19+,20+,21-/m1/s1. The summed E-state index contributed by atoms with van der Waals surface area (Å²) in [7, 11) is 0. The van der Waals surface area contributed by atoms with E-state index < -0.39 is 11.7 Å². The Morgan fingerprint density at radius 3 is 2.56 bits per heavy atom. The molecule has 0 aliphatic heterocycles. The van der Waals surface area contributed by atoms with E-state index in [1.807, 2.05) is 6.08 Å². The first-order chi connectivity index (χ1) is 11.8. The zero-order valence-electron chi connectivity index (χ0n) is 15.5. The van der Waals surface area contributed by atoms with Gasteiger partial charge in [-0.05, 0) is 74.2 Å². The van der Waals surface area contributed by atoms with Crippen molar-refractivity contribution in [2.75, 3.05) is 6.61 Å². The highest BCUT2D eigenvalue weighted by Crippen LogP contribution is 2.67. The fourth-order valence-electron chi connectivity index (χ4n) is 7.31. The fraction of sp³-hybridized carbons (Fsp3) is 0.857. The molecule has 0 unspecified atom stereocenters. The molecular formula is C21H32O4. The van der Waals surface area contributed by atoms with E-state index in [2.05, 4.69) is 13.8 Å². The van der Waals surface area contributed by atoms with Crippen LogP contribution in [-0.2, 0) is 4.79 Å². The SMILES string of the molecule is C[C@]12CCC(=O)C=C1CC[C@@H]1[C@@H]2CC[C@@]2(C)[C@H]1CC[C@@]2(O)[C@H](O)CO. The van der Waals surface area contributed by atoms with Gasteiger partial charge in [0.15, 0.2) is 5.78 Å². The second-order valence-electron chi connectivity index (χ2n) is 9.59. The van der Waals surface area contributed by atoms with E-state index >= 15 is 0 Å². The Labute approximate surface area is 150 Å². The first-order valence-electron chi connectivity index (χ1n) is 10.0. The van der Waals surface area contributed by atoms with Crippen molar-refractivity contribution in [1.29, 1.82) is 0 Å². The van der Waals surface area contributed by atoms with Gasteiger partial charge in [-0.1, -0.05) is 19.4 Å². The molecule has 0 heterocycles. The number of aliphatic hydroxyl groups excluding tert-OH is 2. The molecule has 25 heavy (non-hydrogen) atoms. The van der Waals surface area contributed by atoms with Gasteiger partial charge >= 0.3 is 0 Å². The molecule has 4 rings (SSSR count). The van der Waals surface area contributed by atoms with Crippen molar-refractivity contribution in [2.24, 2.45) is 28.6 Å². The van der Waals surface area contributed by atoms with Crippen LogP contribution in [0.3, 0.4) is 0 Å². The zero-order chi connectivity index (χ0) is 18.0. The zero-order valence-corrected chi connectivity index (χ0v) is 15.5. The predicted octanol–water partition coefficient (Wildman–Crippen LogP) is 2.60. The van der Waals surface area contributed by atoms with Gasteiger partial charge in [-0.2, -0.15) is 0 Å². The molecular weight excluding hydrogens is 316 g/mol. The van der Waals surface area contributed by atoms with E-state index in [9.17, 15) is 20.1 Å². The van der Waals surface area contributed by atoms with Gasteiger partial charge in [-0.3, -0.25) is 4.79 Å². The van der Waals surface area contributed by atoms with Gasteiger partial charge in [0.2, 0.25) is 0 Å². The normalized spacial score (nSPS) is 50.5. The molecule has 0 aromatic rings. The number of hydrogen-bond acceptors (Lipinski definition) is 4. The molecule has 0 radical (unpaired) electrons. The van der Waals surface area contributed by atoms with E-state index in [0.29, 0.717) is 30.6 Å². The Morgan fingerprint density at radius 1 is 1.12 bits per heavy atom. The van der Waals surface area contributed by atoms with Crippen molar-refractivity contribution in [2.45, 2.75) is 76.9 Å². The molecule has 4 nitrogen and oxygen atoms in total. The van der Waals surface area contributed by atoms with Crippen molar-refractivity contribution >= 4 is 5.78 Å². The second kappa shape index (κ2) is 5.64. The summed E-state index contributed by atoms with van der Waals surface area (Å²) in [5, 5.41) is 31.1. The van der Waals surface area contributed by atoms with Crippen molar-refractivity contribution in [3.05, 3.63) is 11.6 Å². The summed E-state index contributed by atoms with van der Waals surface area (Å²) in [6, 6.07) is 0. The quantitative estimate of drug-likeness (QED) is 0.717. The summed E-state index contributed by atoms with van der Waals surface area (Å²) < 4.78 is 0. The van der Waals surface area contributed by atoms with E-state index in [1.54, 1.807) is 0 Å². The fourth-order valence-corrected chi connectivity index (χ4v) is 7.31. The van der Waals surface area contributed by atoms with Gasteiger partial charge in [0.05, 0.1) is 12.2 Å². The van der Waals surface area contributed by atoms with Crippen LogP contribution in [0.5, 0.6) is 0 Å². The summed E-state index contributed by atoms with van der Waals surface area (Å²) in [5.74, 6) is 1.81. The largest absolute Gasteiger partial charge is 0.394 e. The summed E-state index contributed by atoms with van der Waals surface area (Å²) in [6.07, 6.45) is 8.03. The Balaban J connectivity index is 1.67. The van der Waals surface area contributed by atoms with Crippen LogP contribution in [0.4, 0.5) is 0 Å². The molecule has 3 saturated carbocycles. The van der Waals surface area contributed by atoms with Crippen molar-refractivity contribution in [3.63, 3.8) is 0 Å². The van der Waals surface area contributed by atoms with Gasteiger partial charge in [0.1, 0.15) is 6.10 Å². The Morgan fingerprint density at radius 2 is 1.84 bits per heavy atom. The average Bonchev–Trinajstić information content (AvgIpc) is 2.87. The van der Waals surface area contributed by atoms with Crippen molar-refractivity contribution in [1.82, 2.24) is 0 Å². The highest BCUT2D eigenvalue weighted by atomic mass is 16.4. The smallest absolute Gasteiger partial charge is 0.155 e. The molecule has 140 valence electrons. The van der Waals surface area contributed by atoms with Crippen LogP contribution < -0.4 is 0 Å². The maximum atomic E-state index is 11.9. The average molecular weight is 348 g/mol. The lowest BCUT2D eigenvalue weighted by molar-refractivity contribution is -0.184. The maximum absolute atomic E-state index is 11.9. The summed E-state index contributed by atoms with van der Waals surface area (Å²) in [5.41, 5.74) is 0.00120. The van der Waals surface area contributed by atoms with Crippen molar-refractivity contribution < 1.29 is 20.1 Å². The molecule has 3 fully saturated rings. The first kappa shape index (κ1) is 17.7. The third-order valence-corrected chi connectivity index (χ3v) is 8.90. The number of ketones is 1. The second-order valence-corrected chi connectivity index (χ2v) is 9.59. The third-order valence-electron chi connectivity index (χ3n) is 8.90. The molecule has 0 saturated heterocycles. The lowest BCUT2D eigenvalue weighted by Gasteiger charge is -2.59. The number of rotatable bonds is 2. The van der Waals surface area contributed by atoms with E-state index in [0.717, 1.165) is 38.5 Å². The molecule has 0 bridgehead atoms. The van der Waals surface area contributed by atoms with Crippen LogP contribution in [-0.4, -0.2) is 39.4 Å². The van der Waals surface area contributed by atoms with Crippen LogP contribution in [0.2, 0.25) is 0 Å². The summed E-state index contributed by atoms with van der Waals surface area (Å²) in [4.78, 5) is 11.9. The number of carbonyl (C=O) groups is 1. The minimum absolute atomic E-state index is 0.133. The number of carbonyl (C=O) groups excluding carboxylic acids is 1.